The molecule has 1 N–H and O–H groups in total. The third kappa shape index (κ3) is 5.32. The fourth-order valence-corrected chi connectivity index (χ4v) is 5.53. The highest BCUT2D eigenvalue weighted by molar-refractivity contribution is 7.91. The Bertz CT molecular complexity index is 545. The first kappa shape index (κ1) is 18.5. The highest BCUT2D eigenvalue weighted by Gasteiger charge is 2.37. The molecule has 2 saturated heterocycles. The SMILES string of the molecule is CCOC(=O)C1CCN(CC(=O)N[C@@H]2CS(=O)(=O)C[C@@H]2Cl)CC1. The average Bonchev–Trinajstić information content (AvgIpc) is 2.72. The average molecular weight is 367 g/mol. The van der Waals surface area contributed by atoms with Crippen LogP contribution >= 0.6 is 11.6 Å². The van der Waals surface area contributed by atoms with Crippen LogP contribution < -0.4 is 5.32 Å². The van der Waals surface area contributed by atoms with Crippen LogP contribution in [0.15, 0.2) is 0 Å². The first-order valence-electron chi connectivity index (χ1n) is 7.83. The van der Waals surface area contributed by atoms with E-state index in [0.717, 1.165) is 0 Å². The number of piperidine rings is 1. The Hall–Kier alpha value is -0.860. The van der Waals surface area contributed by atoms with Crippen molar-refractivity contribution in [2.75, 3.05) is 37.7 Å². The lowest BCUT2D eigenvalue weighted by Crippen LogP contribution is -2.47. The number of nitrogens with zero attached hydrogens (tertiary/aromatic N) is 1. The number of hydrogen-bond acceptors (Lipinski definition) is 6. The summed E-state index contributed by atoms with van der Waals surface area (Å²) in [5.74, 6) is -0.686. The van der Waals surface area contributed by atoms with E-state index in [1.54, 1.807) is 6.92 Å². The number of amides is 1. The van der Waals surface area contributed by atoms with Crippen molar-refractivity contribution in [1.82, 2.24) is 10.2 Å². The van der Waals surface area contributed by atoms with E-state index in [1.165, 1.54) is 0 Å². The zero-order chi connectivity index (χ0) is 17.0. The molecule has 9 heteroatoms. The second-order valence-corrected chi connectivity index (χ2v) is 8.78. The van der Waals surface area contributed by atoms with Gasteiger partial charge in [0.1, 0.15) is 0 Å². The van der Waals surface area contributed by atoms with E-state index >= 15 is 0 Å². The second-order valence-electron chi connectivity index (χ2n) is 6.07. The summed E-state index contributed by atoms with van der Waals surface area (Å²) in [4.78, 5) is 25.7. The third-order valence-corrected chi connectivity index (χ3v) is 6.58. The van der Waals surface area contributed by atoms with Crippen molar-refractivity contribution < 1.29 is 22.7 Å². The maximum atomic E-state index is 12.0. The van der Waals surface area contributed by atoms with E-state index < -0.39 is 21.3 Å². The third-order valence-electron chi connectivity index (χ3n) is 4.20. The molecule has 23 heavy (non-hydrogen) atoms. The maximum absolute atomic E-state index is 12.0. The molecule has 2 aliphatic heterocycles. The van der Waals surface area contributed by atoms with E-state index in [4.69, 9.17) is 16.3 Å². The second kappa shape index (κ2) is 7.81. The lowest BCUT2D eigenvalue weighted by Gasteiger charge is -2.30. The van der Waals surface area contributed by atoms with Gasteiger partial charge in [0.25, 0.3) is 0 Å². The van der Waals surface area contributed by atoms with Crippen molar-refractivity contribution in [3.8, 4) is 0 Å². The van der Waals surface area contributed by atoms with Gasteiger partial charge < -0.3 is 10.1 Å². The van der Waals surface area contributed by atoms with Crippen molar-refractivity contribution in [2.45, 2.75) is 31.2 Å². The van der Waals surface area contributed by atoms with Gasteiger partial charge in [0.05, 0.1) is 42.0 Å². The zero-order valence-electron chi connectivity index (χ0n) is 13.2. The monoisotopic (exact) mass is 366 g/mol. The van der Waals surface area contributed by atoms with Crippen LogP contribution in [0.5, 0.6) is 0 Å². The highest BCUT2D eigenvalue weighted by atomic mass is 35.5. The van der Waals surface area contributed by atoms with Gasteiger partial charge in [-0.15, -0.1) is 11.6 Å². The van der Waals surface area contributed by atoms with Gasteiger partial charge in [0.2, 0.25) is 5.91 Å². The predicted molar refractivity (Wildman–Crippen MR) is 86.0 cm³/mol. The lowest BCUT2D eigenvalue weighted by atomic mass is 9.97. The summed E-state index contributed by atoms with van der Waals surface area (Å²) in [7, 11) is -3.16. The van der Waals surface area contributed by atoms with Gasteiger partial charge in [0, 0.05) is 0 Å². The Morgan fingerprint density at radius 3 is 2.43 bits per heavy atom. The van der Waals surface area contributed by atoms with E-state index in [2.05, 4.69) is 5.32 Å². The standard InChI is InChI=1S/C14H23ClN2O5S/c1-2-22-14(19)10-3-5-17(6-4-10)7-13(18)16-12-9-23(20,21)8-11(12)15/h10-12H,2-9H2,1H3,(H,16,18)/t11-,12+/m0/s1. The molecule has 2 fully saturated rings. The van der Waals surface area contributed by atoms with Gasteiger partial charge in [-0.25, -0.2) is 8.42 Å². The molecule has 1 amide bonds. The molecule has 0 radical (unpaired) electrons. The number of carbonyl (C=O) groups is 2. The molecule has 0 bridgehead atoms. The fraction of sp³-hybridized carbons (Fsp3) is 0.857. The quantitative estimate of drug-likeness (QED) is 0.534. The molecule has 132 valence electrons. The summed E-state index contributed by atoms with van der Waals surface area (Å²) < 4.78 is 28.0. The van der Waals surface area contributed by atoms with Crippen LogP contribution in [0.2, 0.25) is 0 Å². The number of halogens is 1. The molecule has 0 unspecified atom stereocenters. The first-order chi connectivity index (χ1) is 10.8. The molecular weight excluding hydrogens is 344 g/mol. The molecule has 2 atom stereocenters. The number of carbonyl (C=O) groups excluding carboxylic acids is 2. The Labute approximate surface area is 141 Å². The van der Waals surface area contributed by atoms with Crippen molar-refractivity contribution >= 4 is 33.3 Å². The normalized spacial score (nSPS) is 28.4. The Morgan fingerprint density at radius 2 is 1.91 bits per heavy atom. The number of ether oxygens (including phenoxy) is 1. The topological polar surface area (TPSA) is 92.8 Å². The molecule has 0 spiro atoms. The summed E-state index contributed by atoms with van der Waals surface area (Å²) in [6, 6.07) is -0.522. The first-order valence-corrected chi connectivity index (χ1v) is 10.1. The van der Waals surface area contributed by atoms with Gasteiger partial charge in [-0.2, -0.15) is 0 Å². The fourth-order valence-electron chi connectivity index (χ4n) is 2.98. The summed E-state index contributed by atoms with van der Waals surface area (Å²) >= 11 is 5.97. The molecule has 2 rings (SSSR count). The number of nitrogens with one attached hydrogen (secondary N) is 1. The van der Waals surface area contributed by atoms with Gasteiger partial charge in [-0.05, 0) is 32.9 Å². The van der Waals surface area contributed by atoms with Gasteiger partial charge in [-0.3, -0.25) is 14.5 Å². The number of sulfone groups is 1. The lowest BCUT2D eigenvalue weighted by molar-refractivity contribution is -0.149. The van der Waals surface area contributed by atoms with Crippen molar-refractivity contribution in [1.29, 1.82) is 0 Å². The summed E-state index contributed by atoms with van der Waals surface area (Å²) in [5, 5.41) is 2.13. The summed E-state index contributed by atoms with van der Waals surface area (Å²) in [6.07, 6.45) is 1.34. The predicted octanol–water partition coefficient (Wildman–Crippen LogP) is -0.218. The minimum absolute atomic E-state index is 0.0928. The number of esters is 1. The van der Waals surface area contributed by atoms with E-state index in [0.29, 0.717) is 32.5 Å². The smallest absolute Gasteiger partial charge is 0.309 e. The van der Waals surface area contributed by atoms with Crippen LogP contribution in [-0.2, 0) is 24.2 Å². The molecule has 0 saturated carbocycles. The number of rotatable bonds is 5. The number of alkyl halides is 1. The molecule has 0 aliphatic carbocycles. The Balaban J connectivity index is 1.74. The highest BCUT2D eigenvalue weighted by Crippen LogP contribution is 2.20. The maximum Gasteiger partial charge on any atom is 0.309 e. The molecule has 2 heterocycles. The molecule has 0 aromatic heterocycles. The van der Waals surface area contributed by atoms with Crippen LogP contribution in [0.1, 0.15) is 19.8 Å². The summed E-state index contributed by atoms with van der Waals surface area (Å²) in [5.41, 5.74) is 0. The zero-order valence-corrected chi connectivity index (χ0v) is 14.7. The Kier molecular flexibility index (Phi) is 6.27. The minimum Gasteiger partial charge on any atom is -0.466 e. The largest absolute Gasteiger partial charge is 0.466 e. The van der Waals surface area contributed by atoms with Gasteiger partial charge in [-0.1, -0.05) is 0 Å². The van der Waals surface area contributed by atoms with Crippen LogP contribution in [0, 0.1) is 5.92 Å². The molecule has 0 aromatic carbocycles. The van der Waals surface area contributed by atoms with E-state index in [9.17, 15) is 18.0 Å². The van der Waals surface area contributed by atoms with Crippen molar-refractivity contribution in [3.63, 3.8) is 0 Å². The minimum atomic E-state index is -3.16. The van der Waals surface area contributed by atoms with E-state index in [-0.39, 0.29) is 35.8 Å². The molecule has 7 nitrogen and oxygen atoms in total. The van der Waals surface area contributed by atoms with Crippen LogP contribution in [0.25, 0.3) is 0 Å². The van der Waals surface area contributed by atoms with Gasteiger partial charge in [0.15, 0.2) is 9.84 Å². The molecular formula is C14H23ClN2O5S. The number of likely N-dealkylation sites (tertiary alicyclic amines) is 1. The van der Waals surface area contributed by atoms with Crippen LogP contribution in [0.3, 0.4) is 0 Å². The van der Waals surface area contributed by atoms with Crippen LogP contribution in [-0.4, -0.2) is 74.4 Å². The van der Waals surface area contributed by atoms with Crippen LogP contribution in [0.4, 0.5) is 0 Å². The summed E-state index contributed by atoms with van der Waals surface area (Å²) in [6.45, 7) is 3.64. The van der Waals surface area contributed by atoms with E-state index in [1.807, 2.05) is 4.90 Å². The molecule has 2 aliphatic rings. The molecule has 0 aromatic rings. The van der Waals surface area contributed by atoms with Gasteiger partial charge >= 0.3 is 5.97 Å². The van der Waals surface area contributed by atoms with Crippen molar-refractivity contribution in [2.24, 2.45) is 5.92 Å². The Morgan fingerprint density at radius 1 is 1.26 bits per heavy atom. The number of hydrogen-bond donors (Lipinski definition) is 1. The van der Waals surface area contributed by atoms with Crippen molar-refractivity contribution in [3.05, 3.63) is 0 Å².